The summed E-state index contributed by atoms with van der Waals surface area (Å²) < 4.78 is 0. The summed E-state index contributed by atoms with van der Waals surface area (Å²) in [6.45, 7) is 0. The van der Waals surface area contributed by atoms with E-state index in [1.807, 2.05) is 5.94 Å². The summed E-state index contributed by atoms with van der Waals surface area (Å²) in [5, 5.41) is 0. The molecular formula is C7H5O. The molecular weight excluding hydrogens is 100 g/mol. The minimum Gasteiger partial charge on any atom is -0.233 e. The molecule has 0 saturated heterocycles. The average Bonchev–Trinajstić information content (AvgIpc) is 1.90. The summed E-state index contributed by atoms with van der Waals surface area (Å²) in [6, 6.07) is 0. The smallest absolute Gasteiger partial charge is 0.128 e. The van der Waals surface area contributed by atoms with Crippen molar-refractivity contribution in [1.82, 2.24) is 0 Å². The van der Waals surface area contributed by atoms with Crippen LogP contribution in [0.1, 0.15) is 6.42 Å². The van der Waals surface area contributed by atoms with Crippen molar-refractivity contribution in [1.29, 1.82) is 0 Å². The first-order valence-corrected chi connectivity index (χ1v) is 2.42. The van der Waals surface area contributed by atoms with Gasteiger partial charge in [0, 0.05) is 12.0 Å². The molecule has 0 spiro atoms. The first kappa shape index (κ1) is 5.07. The van der Waals surface area contributed by atoms with E-state index in [9.17, 15) is 4.79 Å². The highest BCUT2D eigenvalue weighted by atomic mass is 16.1. The van der Waals surface area contributed by atoms with E-state index < -0.39 is 0 Å². The van der Waals surface area contributed by atoms with Crippen molar-refractivity contribution < 1.29 is 4.79 Å². The summed E-state index contributed by atoms with van der Waals surface area (Å²) in [7, 11) is 0. The monoisotopic (exact) mass is 105 g/mol. The van der Waals surface area contributed by atoms with Crippen LogP contribution in [-0.4, -0.2) is 5.94 Å². The largest absolute Gasteiger partial charge is 0.233 e. The molecule has 1 aliphatic carbocycles. The highest BCUT2D eigenvalue weighted by Crippen LogP contribution is 2.03. The second kappa shape index (κ2) is 2.29. The van der Waals surface area contributed by atoms with Gasteiger partial charge in [0.2, 0.25) is 0 Å². The van der Waals surface area contributed by atoms with Crippen LogP contribution >= 0.6 is 0 Å². The fourth-order valence-corrected chi connectivity index (χ4v) is 0.529. The van der Waals surface area contributed by atoms with Gasteiger partial charge in [0.25, 0.3) is 0 Å². The van der Waals surface area contributed by atoms with Crippen LogP contribution in [0.3, 0.4) is 0 Å². The summed E-state index contributed by atoms with van der Waals surface area (Å²) in [4.78, 5) is 9.90. The van der Waals surface area contributed by atoms with Gasteiger partial charge in [-0.1, -0.05) is 12.2 Å². The van der Waals surface area contributed by atoms with E-state index in [1.54, 1.807) is 18.2 Å². The molecule has 1 rings (SSSR count). The Labute approximate surface area is 48.0 Å². The van der Waals surface area contributed by atoms with Crippen LogP contribution in [0.15, 0.2) is 23.8 Å². The van der Waals surface area contributed by atoms with Crippen LogP contribution in [0.4, 0.5) is 0 Å². The van der Waals surface area contributed by atoms with E-state index in [-0.39, 0.29) is 0 Å². The fourth-order valence-electron chi connectivity index (χ4n) is 0.529. The van der Waals surface area contributed by atoms with E-state index in [1.165, 1.54) is 0 Å². The minimum atomic E-state index is 0.681. The molecule has 39 valence electrons. The Morgan fingerprint density at radius 1 is 1.75 bits per heavy atom. The molecule has 1 nitrogen and oxygen atoms in total. The highest BCUT2D eigenvalue weighted by molar-refractivity contribution is 5.58. The van der Waals surface area contributed by atoms with Gasteiger partial charge in [0.15, 0.2) is 0 Å². The third kappa shape index (κ3) is 0.955. The van der Waals surface area contributed by atoms with Crippen LogP contribution in [0.5, 0.6) is 0 Å². The van der Waals surface area contributed by atoms with Gasteiger partial charge in [0.05, 0.1) is 0 Å². The zero-order valence-electron chi connectivity index (χ0n) is 4.35. The van der Waals surface area contributed by atoms with Crippen molar-refractivity contribution in [2.75, 3.05) is 0 Å². The molecule has 0 unspecified atom stereocenters. The quantitative estimate of drug-likeness (QED) is 0.421. The van der Waals surface area contributed by atoms with Crippen molar-refractivity contribution in [2.24, 2.45) is 0 Å². The normalized spacial score (nSPS) is 16.2. The third-order valence-corrected chi connectivity index (χ3v) is 0.952. The second-order valence-corrected chi connectivity index (χ2v) is 1.54. The lowest BCUT2D eigenvalue weighted by atomic mass is 10.1. The lowest BCUT2D eigenvalue weighted by molar-refractivity contribution is 0.567. The average molecular weight is 105 g/mol. The first-order valence-electron chi connectivity index (χ1n) is 2.42. The maximum Gasteiger partial charge on any atom is 0.128 e. The molecule has 0 N–H and O–H groups in total. The molecule has 0 aromatic rings. The molecule has 1 radical (unpaired) electrons. The highest BCUT2D eigenvalue weighted by Gasteiger charge is 1.90. The Morgan fingerprint density at radius 3 is 3.00 bits per heavy atom. The molecule has 0 aromatic heterocycles. The lowest BCUT2D eigenvalue weighted by Gasteiger charge is -1.91. The predicted octanol–water partition coefficient (Wildman–Crippen LogP) is 1.06. The molecule has 0 atom stereocenters. The molecule has 1 aliphatic rings. The summed E-state index contributed by atoms with van der Waals surface area (Å²) >= 11 is 0. The molecule has 1 heteroatoms. The Morgan fingerprint density at radius 2 is 2.62 bits per heavy atom. The van der Waals surface area contributed by atoms with Crippen molar-refractivity contribution in [3.63, 3.8) is 0 Å². The van der Waals surface area contributed by atoms with E-state index in [0.717, 1.165) is 0 Å². The standard InChI is InChI=1S/C7H5O/c8-6-7-4-2-1-3-5-7/h2-4H,5H2. The maximum atomic E-state index is 9.90. The Balaban J connectivity index is 2.80. The Hall–Kier alpha value is -1.07. The number of carbonyl (C=O) groups excluding carboxylic acids is 1. The van der Waals surface area contributed by atoms with Crippen molar-refractivity contribution >= 4 is 5.94 Å². The molecule has 0 fully saturated rings. The maximum absolute atomic E-state index is 9.90. The molecule has 0 aromatic carbocycles. The first-order chi connectivity index (χ1) is 3.93. The molecule has 0 bridgehead atoms. The summed E-state index contributed by atoms with van der Waals surface area (Å²) in [5.74, 6) is 1.81. The predicted molar refractivity (Wildman–Crippen MR) is 30.8 cm³/mol. The Kier molecular flexibility index (Phi) is 1.45. The van der Waals surface area contributed by atoms with Gasteiger partial charge >= 0.3 is 0 Å². The summed E-state index contributed by atoms with van der Waals surface area (Å²) in [6.07, 6.45) is 8.76. The van der Waals surface area contributed by atoms with Crippen LogP contribution in [-0.2, 0) is 4.79 Å². The van der Waals surface area contributed by atoms with Crippen molar-refractivity contribution in [2.45, 2.75) is 6.42 Å². The van der Waals surface area contributed by atoms with Gasteiger partial charge < -0.3 is 0 Å². The molecule has 0 saturated carbocycles. The zero-order valence-corrected chi connectivity index (χ0v) is 4.35. The molecule has 8 heavy (non-hydrogen) atoms. The Bertz CT molecular complexity index is 181. The molecule has 0 aliphatic heterocycles. The second-order valence-electron chi connectivity index (χ2n) is 1.54. The number of hydrogen-bond donors (Lipinski definition) is 0. The van der Waals surface area contributed by atoms with Gasteiger partial charge in [-0.25, -0.2) is 4.79 Å². The van der Waals surface area contributed by atoms with Gasteiger partial charge in [0.1, 0.15) is 5.94 Å². The van der Waals surface area contributed by atoms with Crippen molar-refractivity contribution in [3.8, 4) is 0 Å². The topological polar surface area (TPSA) is 17.1 Å². The van der Waals surface area contributed by atoms with Gasteiger partial charge in [-0.05, 0) is 12.2 Å². The van der Waals surface area contributed by atoms with E-state index in [2.05, 4.69) is 6.08 Å². The van der Waals surface area contributed by atoms with Gasteiger partial charge in [-0.3, -0.25) is 0 Å². The zero-order chi connectivity index (χ0) is 5.82. The van der Waals surface area contributed by atoms with Gasteiger partial charge in [-0.2, -0.15) is 0 Å². The van der Waals surface area contributed by atoms with Crippen LogP contribution in [0.2, 0.25) is 0 Å². The molecule has 0 heterocycles. The van der Waals surface area contributed by atoms with E-state index >= 15 is 0 Å². The van der Waals surface area contributed by atoms with E-state index in [4.69, 9.17) is 0 Å². The van der Waals surface area contributed by atoms with Crippen LogP contribution in [0.25, 0.3) is 0 Å². The minimum absolute atomic E-state index is 0.681. The number of allylic oxidation sites excluding steroid dienone is 5. The van der Waals surface area contributed by atoms with Crippen LogP contribution in [0, 0.1) is 6.08 Å². The van der Waals surface area contributed by atoms with E-state index in [0.29, 0.717) is 12.0 Å². The fraction of sp³-hybridized carbons (Fsp3) is 0.143. The van der Waals surface area contributed by atoms with Gasteiger partial charge in [-0.15, -0.1) is 0 Å². The lowest BCUT2D eigenvalue weighted by Crippen LogP contribution is -1.79. The molecule has 0 amide bonds. The number of rotatable bonds is 0. The SMILES string of the molecule is O=C=C1C=C[C]=CC1. The van der Waals surface area contributed by atoms with Crippen LogP contribution < -0.4 is 0 Å². The third-order valence-electron chi connectivity index (χ3n) is 0.952. The number of hydrogen-bond acceptors (Lipinski definition) is 1. The summed E-state index contributed by atoms with van der Waals surface area (Å²) in [5.41, 5.74) is 0.698. The van der Waals surface area contributed by atoms with Crippen molar-refractivity contribution in [3.05, 3.63) is 29.9 Å².